The Balaban J connectivity index is 0.000000107. The van der Waals surface area contributed by atoms with Gasteiger partial charge in [-0.25, -0.2) is 18.3 Å². The molecule has 12 aromatic carbocycles. The molecule has 2 aliphatic carbocycles. The van der Waals surface area contributed by atoms with Crippen LogP contribution in [-0.4, -0.2) is 0 Å². The van der Waals surface area contributed by atoms with Crippen LogP contribution in [0, 0.1) is 34.5 Å². The number of furan rings is 4. The largest absolute Gasteiger partial charge is 0.455 e. The second kappa shape index (κ2) is 29.8. The number of hydrogen-bond donors (Lipinski definition) is 0. The van der Waals surface area contributed by atoms with Gasteiger partial charge in [-0.15, -0.1) is 0 Å². The maximum Gasteiger partial charge on any atom is 0.216 e. The zero-order chi connectivity index (χ0) is 83.7. The first-order chi connectivity index (χ1) is 58.2. The fourth-order valence-corrected chi connectivity index (χ4v) is 18.2. The van der Waals surface area contributed by atoms with Gasteiger partial charge >= 0.3 is 0 Å². The summed E-state index contributed by atoms with van der Waals surface area (Å²) in [5.41, 5.74) is 24.0. The van der Waals surface area contributed by atoms with E-state index in [0.29, 0.717) is 5.56 Å². The van der Waals surface area contributed by atoms with E-state index in [1.54, 1.807) is 12.3 Å². The van der Waals surface area contributed by atoms with E-state index in [4.69, 9.17) is 25.9 Å². The van der Waals surface area contributed by atoms with E-state index in [1.165, 1.54) is 55.3 Å². The monoisotopic (exact) mass is 1510 g/mol. The first-order valence-electron chi connectivity index (χ1n) is 43.6. The van der Waals surface area contributed by atoms with Crippen LogP contribution in [0.25, 0.3) is 176 Å². The zero-order valence-corrected chi connectivity index (χ0v) is 67.2. The molecule has 8 nitrogen and oxygen atoms in total. The van der Waals surface area contributed by atoms with Crippen LogP contribution in [-0.2, 0) is 28.2 Å². The molecule has 8 heteroatoms. The molecule has 2 fully saturated rings. The van der Waals surface area contributed by atoms with Gasteiger partial charge in [-0.05, 0) is 215 Å². The van der Waals surface area contributed by atoms with E-state index in [9.17, 15) is 0 Å². The van der Waals surface area contributed by atoms with Crippen molar-refractivity contribution in [3.8, 4) is 45.0 Å². The van der Waals surface area contributed by atoms with Gasteiger partial charge in [0.15, 0.2) is 24.8 Å². The molecule has 0 N–H and O–H groups in total. The van der Waals surface area contributed by atoms with E-state index >= 15 is 0 Å². The first kappa shape index (κ1) is 66.0. The molecule has 8 heterocycles. The van der Waals surface area contributed by atoms with Gasteiger partial charge in [-0.2, -0.15) is 0 Å². The molecule has 115 heavy (non-hydrogen) atoms. The quantitative estimate of drug-likeness (QED) is 0.149. The maximum absolute atomic E-state index is 9.15. The average molecular weight is 1510 g/mol. The predicted molar refractivity (Wildman–Crippen MR) is 476 cm³/mol. The lowest BCUT2D eigenvalue weighted by atomic mass is 9.84. The molecular weight excluding hydrogens is 1410 g/mol. The van der Waals surface area contributed by atoms with Crippen LogP contribution >= 0.6 is 0 Å². The minimum Gasteiger partial charge on any atom is -0.455 e. The highest BCUT2D eigenvalue weighted by atomic mass is 16.3. The molecule has 22 rings (SSSR count). The first-order valence-corrected chi connectivity index (χ1v) is 40.6. The molecule has 0 aliphatic heterocycles. The summed E-state index contributed by atoms with van der Waals surface area (Å²) in [7, 11) is 8.09. The smallest absolute Gasteiger partial charge is 0.216 e. The van der Waals surface area contributed by atoms with Crippen LogP contribution < -0.4 is 18.3 Å². The van der Waals surface area contributed by atoms with Gasteiger partial charge in [0, 0.05) is 99.3 Å². The van der Waals surface area contributed by atoms with Gasteiger partial charge in [-0.1, -0.05) is 192 Å². The van der Waals surface area contributed by atoms with Gasteiger partial charge in [0.1, 0.15) is 72.9 Å². The second-order valence-electron chi connectivity index (χ2n) is 32.4. The Morgan fingerprint density at radius 3 is 0.948 bits per heavy atom. The summed E-state index contributed by atoms with van der Waals surface area (Å²) in [5.74, 6) is -1.60. The van der Waals surface area contributed by atoms with Gasteiger partial charge in [0.2, 0.25) is 22.8 Å². The second-order valence-corrected chi connectivity index (χ2v) is 32.4. The predicted octanol–water partition coefficient (Wildman–Crippen LogP) is 27.3. The Labute approximate surface area is 680 Å². The van der Waals surface area contributed by atoms with E-state index in [-0.39, 0.29) is 0 Å². The van der Waals surface area contributed by atoms with Crippen molar-refractivity contribution in [1.82, 2.24) is 0 Å². The van der Waals surface area contributed by atoms with E-state index in [0.717, 1.165) is 217 Å². The number of aromatic nitrogens is 4. The number of aryl methyl sites for hydroxylation is 9. The van der Waals surface area contributed by atoms with E-state index in [2.05, 4.69) is 280 Å². The Hall–Kier alpha value is -12.5. The third kappa shape index (κ3) is 13.3. The molecule has 20 aromatic rings. The average Bonchev–Trinajstić information content (AvgIpc) is 1.63. The minimum absolute atomic E-state index is 0.324. The van der Waals surface area contributed by atoms with Crippen molar-refractivity contribution in [2.24, 2.45) is 28.2 Å². The Morgan fingerprint density at radius 2 is 0.626 bits per heavy atom. The van der Waals surface area contributed by atoms with Crippen LogP contribution in [0.15, 0.2) is 285 Å². The fourth-order valence-electron chi connectivity index (χ4n) is 18.2. The van der Waals surface area contributed by atoms with Crippen LogP contribution in [0.4, 0.5) is 0 Å². The normalized spacial score (nSPS) is 15.1. The van der Waals surface area contributed by atoms with Crippen molar-refractivity contribution in [1.29, 1.82) is 0 Å². The van der Waals surface area contributed by atoms with Gasteiger partial charge in [0.25, 0.3) is 0 Å². The Kier molecular flexibility index (Phi) is 17.1. The van der Waals surface area contributed by atoms with Crippen LogP contribution in [0.2, 0.25) is 0 Å². The molecule has 0 radical (unpaired) electrons. The molecule has 0 atom stereocenters. The van der Waals surface area contributed by atoms with Crippen LogP contribution in [0.1, 0.15) is 142 Å². The van der Waals surface area contributed by atoms with Crippen molar-refractivity contribution in [2.75, 3.05) is 0 Å². The number of pyridine rings is 4. The van der Waals surface area contributed by atoms with Crippen LogP contribution in [0.5, 0.6) is 0 Å². The molecule has 0 bridgehead atoms. The molecule has 2 aliphatic rings. The topological polar surface area (TPSA) is 68.1 Å². The van der Waals surface area contributed by atoms with Crippen molar-refractivity contribution in [3.05, 3.63) is 312 Å². The molecule has 0 spiro atoms. The minimum atomic E-state index is -2.13. The number of nitrogens with zero attached hydrogens (tertiary/aromatic N) is 4. The maximum atomic E-state index is 9.15. The third-order valence-corrected chi connectivity index (χ3v) is 24.5. The number of fused-ring (bicyclic) bond motifs is 16. The zero-order valence-electron chi connectivity index (χ0n) is 73.2. The van der Waals surface area contributed by atoms with Gasteiger partial charge < -0.3 is 17.7 Å². The molecule has 566 valence electrons. The van der Waals surface area contributed by atoms with E-state index < -0.39 is 24.5 Å². The summed E-state index contributed by atoms with van der Waals surface area (Å²) < 4.78 is 83.8. The summed E-state index contributed by atoms with van der Waals surface area (Å²) in [4.78, 5) is 0. The lowest BCUT2D eigenvalue weighted by Gasteiger charge is -2.21. The van der Waals surface area contributed by atoms with Gasteiger partial charge in [-0.3, -0.25) is 0 Å². The highest BCUT2D eigenvalue weighted by Crippen LogP contribution is 2.46. The standard InChI is InChI=1S/C29H28NO.C28H26NO.C26H24NO.C24H20NO/c1-19-12-13-24-25-16-21-10-6-7-11-22(21)18-27(25)31-29(24)28(19)26-17-23(14-15-30(26)2)20-8-4-3-5-9-20;1-18-11-12-23-24-15-20-9-5-6-10-21(20)17-26(24)30-28(23)27(18)25-16-22(13-14-29(25)2)19-7-3-4-8-19;1-16(2)18-11-12-27(4)23(14-18)25-17(3)9-10-21-22-13-19-7-5-6-8-20(19)15-24(22)28-26(21)25;1-15-8-11-21(25(3)14-15)23-16(2)9-10-19-20-12-17-6-4-5-7-18(17)13-22(20)26-24(19)23/h6-7,10-18,20H,3-5,8-9H2,1-2H3;5-6,9-17,19H,3-4,7-8H2,1-2H3;5-16H,1-4H3;4-14H,1-3H3/q4*+1/i20D;19D;16D;1D3. The number of rotatable bonds is 7. The van der Waals surface area contributed by atoms with Gasteiger partial charge in [0.05, 0.1) is 22.3 Å². The van der Waals surface area contributed by atoms with Crippen molar-refractivity contribution in [2.45, 2.75) is 124 Å². The third-order valence-electron chi connectivity index (χ3n) is 24.5. The van der Waals surface area contributed by atoms with Crippen LogP contribution in [0.3, 0.4) is 0 Å². The summed E-state index contributed by atoms with van der Waals surface area (Å²) in [6.07, 6.45) is 17.5. The molecule has 2 saturated carbocycles. The Bertz CT molecular complexity index is 7570. The summed E-state index contributed by atoms with van der Waals surface area (Å²) >= 11 is 0. The van der Waals surface area contributed by atoms with E-state index in [1.807, 2.05) is 63.0 Å². The summed E-state index contributed by atoms with van der Waals surface area (Å²) in [6.45, 7) is 10.2. The Morgan fingerprint density at radius 1 is 0.322 bits per heavy atom. The lowest BCUT2D eigenvalue weighted by Crippen LogP contribution is -2.31. The lowest BCUT2D eigenvalue weighted by molar-refractivity contribution is -0.660. The van der Waals surface area contributed by atoms with Crippen molar-refractivity contribution < 1.29 is 44.2 Å². The molecule has 0 amide bonds. The summed E-state index contributed by atoms with van der Waals surface area (Å²) in [5, 5.41) is 18.6. The molecular formula is C107H98N4O4+4. The SMILES string of the molecule is [2H]C(C)(C)c1cc[n+](C)c(-c2c(C)ccc3c2oc2cc4ccccc4cc23)c1.[2H]C([2H])([2H])c1ccc(-c2c(C)ccc3c2oc2cc4ccccc4cc23)[n+](C)c1.[2H]C1(c2cc[n+](C)c(-c3c(C)ccc4c3oc3cc5ccccc5cc34)c2)CCCC1.[2H]C1(c2cc[n+](C)c(-c3c(C)ccc4c3oc3cc5ccccc5cc34)c2)CCCCC1. The highest BCUT2D eigenvalue weighted by molar-refractivity contribution is 6.17. The van der Waals surface area contributed by atoms with Crippen molar-refractivity contribution in [3.63, 3.8) is 0 Å². The number of benzene rings is 12. The molecule has 0 saturated heterocycles. The highest BCUT2D eigenvalue weighted by Gasteiger charge is 2.29. The molecule has 0 unspecified atom stereocenters. The fraction of sp³-hybridized carbons (Fsp3) is 0.215. The van der Waals surface area contributed by atoms with Crippen molar-refractivity contribution >= 4 is 131 Å². The summed E-state index contributed by atoms with van der Waals surface area (Å²) in [6, 6.07) is 84.6. The number of hydrogen-bond acceptors (Lipinski definition) is 4. The molecule has 8 aromatic heterocycles.